The lowest BCUT2D eigenvalue weighted by Crippen LogP contribution is -2.31. The summed E-state index contributed by atoms with van der Waals surface area (Å²) >= 11 is 0. The molecule has 0 bridgehead atoms. The third-order valence-electron chi connectivity index (χ3n) is 5.78. The molecular weight excluding hydrogens is 443 g/mol. The van der Waals surface area contributed by atoms with Crippen LogP contribution in [0.25, 0.3) is 5.76 Å². The average Bonchev–Trinajstić information content (AvgIpc) is 3.43. The normalized spacial score (nSPS) is 17.4. The SMILES string of the molecule is Cc1ccc(C(O)=C2C(=O)C(=O)N(CCCn3ccnc3)[C@@H]2c2ccc([N+](=O)[O-])cc2)cc1F. The maximum Gasteiger partial charge on any atom is 0.295 e. The molecule has 2 heterocycles. The smallest absolute Gasteiger partial charge is 0.295 e. The van der Waals surface area contributed by atoms with Gasteiger partial charge in [0.25, 0.3) is 17.4 Å². The monoisotopic (exact) mass is 464 g/mol. The number of halogens is 1. The summed E-state index contributed by atoms with van der Waals surface area (Å²) in [5.74, 6) is -2.77. The first kappa shape index (κ1) is 22.8. The van der Waals surface area contributed by atoms with Gasteiger partial charge in [-0.15, -0.1) is 0 Å². The van der Waals surface area contributed by atoms with Crippen molar-refractivity contribution in [3.8, 4) is 0 Å². The molecular formula is C24H21FN4O5. The molecule has 1 aromatic heterocycles. The quantitative estimate of drug-likeness (QED) is 0.187. The zero-order valence-corrected chi connectivity index (χ0v) is 18.2. The van der Waals surface area contributed by atoms with Gasteiger partial charge in [-0.25, -0.2) is 9.37 Å². The zero-order valence-electron chi connectivity index (χ0n) is 18.2. The summed E-state index contributed by atoms with van der Waals surface area (Å²) in [6.07, 6.45) is 5.53. The number of aliphatic hydroxyl groups is 1. The summed E-state index contributed by atoms with van der Waals surface area (Å²) in [5, 5.41) is 22.1. The molecule has 9 nitrogen and oxygen atoms in total. The predicted octanol–water partition coefficient (Wildman–Crippen LogP) is 3.75. The molecule has 174 valence electrons. The van der Waals surface area contributed by atoms with Crippen molar-refractivity contribution >= 4 is 23.1 Å². The van der Waals surface area contributed by atoms with E-state index in [0.29, 0.717) is 24.1 Å². The largest absolute Gasteiger partial charge is 0.507 e. The van der Waals surface area contributed by atoms with Crippen LogP contribution in [0, 0.1) is 22.9 Å². The third-order valence-corrected chi connectivity index (χ3v) is 5.78. The Balaban J connectivity index is 1.76. The molecule has 0 aliphatic carbocycles. The van der Waals surface area contributed by atoms with E-state index in [1.165, 1.54) is 41.3 Å². The van der Waals surface area contributed by atoms with Crippen LogP contribution in [0.5, 0.6) is 0 Å². The van der Waals surface area contributed by atoms with Crippen molar-refractivity contribution in [3.63, 3.8) is 0 Å². The number of hydrogen-bond acceptors (Lipinski definition) is 6. The molecule has 1 atom stereocenters. The summed E-state index contributed by atoms with van der Waals surface area (Å²) in [5.41, 5.74) is 0.502. The lowest BCUT2D eigenvalue weighted by Gasteiger charge is -2.25. The Morgan fingerprint density at radius 1 is 1.18 bits per heavy atom. The van der Waals surface area contributed by atoms with Gasteiger partial charge in [-0.3, -0.25) is 19.7 Å². The van der Waals surface area contributed by atoms with Crippen LogP contribution in [0.2, 0.25) is 0 Å². The van der Waals surface area contributed by atoms with Crippen LogP contribution in [0.1, 0.15) is 29.2 Å². The summed E-state index contributed by atoms with van der Waals surface area (Å²) in [6.45, 7) is 2.29. The number of carbonyl (C=O) groups is 2. The molecule has 1 aliphatic heterocycles. The molecule has 1 N–H and O–H groups in total. The highest BCUT2D eigenvalue weighted by atomic mass is 19.1. The Morgan fingerprint density at radius 3 is 2.53 bits per heavy atom. The second-order valence-corrected chi connectivity index (χ2v) is 7.96. The number of nitrogens with zero attached hydrogens (tertiary/aromatic N) is 4. The molecule has 2 aromatic carbocycles. The van der Waals surface area contributed by atoms with Gasteiger partial charge in [-0.05, 0) is 42.7 Å². The highest BCUT2D eigenvalue weighted by Gasteiger charge is 2.45. The van der Waals surface area contributed by atoms with E-state index in [-0.39, 0.29) is 23.4 Å². The van der Waals surface area contributed by atoms with Crippen molar-refractivity contribution in [1.82, 2.24) is 14.5 Å². The van der Waals surface area contributed by atoms with Crippen molar-refractivity contribution < 1.29 is 24.0 Å². The van der Waals surface area contributed by atoms with Gasteiger partial charge < -0.3 is 14.6 Å². The topological polar surface area (TPSA) is 119 Å². The fourth-order valence-corrected chi connectivity index (χ4v) is 3.97. The van der Waals surface area contributed by atoms with Crippen LogP contribution < -0.4 is 0 Å². The number of aromatic nitrogens is 2. The van der Waals surface area contributed by atoms with Crippen molar-refractivity contribution in [2.45, 2.75) is 25.9 Å². The number of rotatable bonds is 7. The fraction of sp³-hybridized carbons (Fsp3) is 0.208. The van der Waals surface area contributed by atoms with Gasteiger partial charge >= 0.3 is 0 Å². The number of aliphatic hydroxyl groups excluding tert-OH is 1. The van der Waals surface area contributed by atoms with Crippen LogP contribution in [-0.2, 0) is 16.1 Å². The second-order valence-electron chi connectivity index (χ2n) is 7.96. The second kappa shape index (κ2) is 9.26. The van der Waals surface area contributed by atoms with E-state index in [9.17, 15) is 29.2 Å². The molecule has 0 radical (unpaired) electrons. The minimum atomic E-state index is -0.979. The highest BCUT2D eigenvalue weighted by Crippen LogP contribution is 2.40. The van der Waals surface area contributed by atoms with Gasteiger partial charge in [0.05, 0.1) is 22.9 Å². The summed E-state index contributed by atoms with van der Waals surface area (Å²) in [4.78, 5) is 41.8. The minimum absolute atomic E-state index is 0.0615. The fourth-order valence-electron chi connectivity index (χ4n) is 3.97. The van der Waals surface area contributed by atoms with E-state index < -0.39 is 34.2 Å². The Morgan fingerprint density at radius 2 is 1.91 bits per heavy atom. The molecule has 0 saturated carbocycles. The van der Waals surface area contributed by atoms with E-state index in [1.807, 2.05) is 4.57 Å². The van der Waals surface area contributed by atoms with Crippen molar-refractivity contribution in [2.24, 2.45) is 0 Å². The molecule has 34 heavy (non-hydrogen) atoms. The number of nitro groups is 1. The van der Waals surface area contributed by atoms with E-state index in [2.05, 4.69) is 4.98 Å². The first-order valence-corrected chi connectivity index (χ1v) is 10.5. The van der Waals surface area contributed by atoms with E-state index in [4.69, 9.17) is 0 Å². The summed E-state index contributed by atoms with van der Waals surface area (Å²) < 4.78 is 16.0. The molecule has 1 amide bonds. The van der Waals surface area contributed by atoms with E-state index in [0.717, 1.165) is 6.07 Å². The van der Waals surface area contributed by atoms with Gasteiger partial charge in [0, 0.05) is 43.2 Å². The molecule has 0 unspecified atom stereocenters. The maximum absolute atomic E-state index is 14.2. The average molecular weight is 464 g/mol. The first-order chi connectivity index (χ1) is 16.3. The van der Waals surface area contributed by atoms with Crippen molar-refractivity contribution in [3.05, 3.63) is 99.4 Å². The number of likely N-dealkylation sites (tertiary alicyclic amines) is 1. The van der Waals surface area contributed by atoms with Crippen molar-refractivity contribution in [2.75, 3.05) is 6.54 Å². The molecule has 10 heteroatoms. The van der Waals surface area contributed by atoms with E-state index in [1.54, 1.807) is 25.6 Å². The first-order valence-electron chi connectivity index (χ1n) is 10.5. The van der Waals surface area contributed by atoms with Crippen LogP contribution in [0.4, 0.5) is 10.1 Å². The molecule has 1 fully saturated rings. The zero-order chi connectivity index (χ0) is 24.4. The van der Waals surface area contributed by atoms with Gasteiger partial charge in [0.2, 0.25) is 0 Å². The number of carbonyl (C=O) groups excluding carboxylic acids is 2. The highest BCUT2D eigenvalue weighted by molar-refractivity contribution is 6.46. The van der Waals surface area contributed by atoms with Crippen LogP contribution >= 0.6 is 0 Å². The number of ketones is 1. The Hall–Kier alpha value is -4.34. The molecule has 0 spiro atoms. The lowest BCUT2D eigenvalue weighted by atomic mass is 9.94. The number of amides is 1. The molecule has 4 rings (SSSR count). The molecule has 1 saturated heterocycles. The summed E-state index contributed by atoms with van der Waals surface area (Å²) in [7, 11) is 0. The molecule has 1 aliphatic rings. The minimum Gasteiger partial charge on any atom is -0.507 e. The predicted molar refractivity (Wildman–Crippen MR) is 120 cm³/mol. The van der Waals surface area contributed by atoms with Crippen LogP contribution in [0.3, 0.4) is 0 Å². The third kappa shape index (κ3) is 4.29. The molecule has 3 aromatic rings. The number of hydrogen-bond donors (Lipinski definition) is 1. The standard InChI is InChI=1S/C24H21FN4O5/c1-15-3-4-17(13-19(15)25)22(30)20-21(16-5-7-18(8-6-16)29(33)34)28(24(32)23(20)31)11-2-10-27-12-9-26-14-27/h3-9,12-14,21,30H,2,10-11H2,1H3/t21-/m1/s1. The van der Waals surface area contributed by atoms with Crippen LogP contribution in [0.15, 0.2) is 66.8 Å². The maximum atomic E-state index is 14.2. The van der Waals surface area contributed by atoms with Crippen LogP contribution in [-0.4, -0.2) is 42.7 Å². The van der Waals surface area contributed by atoms with Gasteiger partial charge in [-0.1, -0.05) is 12.1 Å². The number of Topliss-reactive ketones (excluding diaryl/α,β-unsaturated/α-hetero) is 1. The van der Waals surface area contributed by atoms with Gasteiger partial charge in [0.15, 0.2) is 0 Å². The number of imidazole rings is 1. The van der Waals surface area contributed by atoms with E-state index >= 15 is 0 Å². The Bertz CT molecular complexity index is 1290. The Labute approximate surface area is 193 Å². The number of nitro benzene ring substituents is 1. The number of non-ortho nitro benzene ring substituents is 1. The lowest BCUT2D eigenvalue weighted by molar-refractivity contribution is -0.384. The number of aryl methyl sites for hydroxylation is 2. The van der Waals surface area contributed by atoms with Crippen molar-refractivity contribution in [1.29, 1.82) is 0 Å². The Kier molecular flexibility index (Phi) is 6.22. The summed E-state index contributed by atoms with van der Waals surface area (Å²) in [6, 6.07) is 8.48. The van der Waals surface area contributed by atoms with Gasteiger partial charge in [0.1, 0.15) is 11.6 Å². The van der Waals surface area contributed by atoms with Gasteiger partial charge in [-0.2, -0.15) is 0 Å². The number of benzene rings is 2.